The predicted molar refractivity (Wildman–Crippen MR) is 59.2 cm³/mol. The second kappa shape index (κ2) is 3.58. The molecule has 0 amide bonds. The van der Waals surface area contributed by atoms with Gasteiger partial charge in [0.05, 0.1) is 6.33 Å². The molecule has 0 spiro atoms. The Labute approximate surface area is 90.8 Å². The lowest BCUT2D eigenvalue weighted by Gasteiger charge is -2.03. The van der Waals surface area contributed by atoms with E-state index in [0.717, 1.165) is 11.3 Å². The highest BCUT2D eigenvalue weighted by molar-refractivity contribution is 5.83. The van der Waals surface area contributed by atoms with Crippen molar-refractivity contribution in [2.24, 2.45) is 0 Å². The Morgan fingerprint density at radius 1 is 1.06 bits per heavy atom. The summed E-state index contributed by atoms with van der Waals surface area (Å²) in [6.45, 7) is 0. The van der Waals surface area contributed by atoms with Crippen molar-refractivity contribution in [3.05, 3.63) is 37.1 Å². The molecule has 0 saturated carbocycles. The van der Waals surface area contributed by atoms with Crippen molar-refractivity contribution in [2.75, 3.05) is 5.32 Å². The van der Waals surface area contributed by atoms with E-state index in [2.05, 4.69) is 30.2 Å². The Bertz CT molecular complexity index is 603. The smallest absolute Gasteiger partial charge is 0.182 e. The van der Waals surface area contributed by atoms with Gasteiger partial charge in [0.15, 0.2) is 11.5 Å². The molecule has 3 aromatic heterocycles. The molecule has 0 aliphatic heterocycles. The first-order valence-electron chi connectivity index (χ1n) is 4.75. The highest BCUT2D eigenvalue weighted by Gasteiger charge is 2.05. The third-order valence-electron chi connectivity index (χ3n) is 2.13. The summed E-state index contributed by atoms with van der Waals surface area (Å²) in [5, 5.41) is 3.10. The van der Waals surface area contributed by atoms with Gasteiger partial charge >= 0.3 is 0 Å². The Morgan fingerprint density at radius 3 is 2.94 bits per heavy atom. The first-order chi connectivity index (χ1) is 7.93. The average Bonchev–Trinajstić information content (AvgIpc) is 2.80. The standard InChI is InChI=1S/C10H8N6/c1-2-4-11-7(3-1)16-10-8-9(13-5-12-8)14-6-15-10/h1-6H,(H2,11,12,13,14,15,16). The summed E-state index contributed by atoms with van der Waals surface area (Å²) in [6.07, 6.45) is 4.77. The quantitative estimate of drug-likeness (QED) is 0.672. The summed E-state index contributed by atoms with van der Waals surface area (Å²) in [5.41, 5.74) is 1.40. The minimum atomic E-state index is 0.633. The number of imidazole rings is 1. The largest absolute Gasteiger partial charge is 0.340 e. The highest BCUT2D eigenvalue weighted by atomic mass is 15.1. The van der Waals surface area contributed by atoms with Gasteiger partial charge in [-0.3, -0.25) is 0 Å². The lowest BCUT2D eigenvalue weighted by Crippen LogP contribution is -1.97. The van der Waals surface area contributed by atoms with Crippen LogP contribution in [0.15, 0.2) is 37.1 Å². The summed E-state index contributed by atoms with van der Waals surface area (Å²) in [4.78, 5) is 19.4. The van der Waals surface area contributed by atoms with E-state index in [-0.39, 0.29) is 0 Å². The molecule has 3 heterocycles. The third-order valence-corrected chi connectivity index (χ3v) is 2.13. The van der Waals surface area contributed by atoms with Crippen LogP contribution in [0.25, 0.3) is 11.2 Å². The van der Waals surface area contributed by atoms with Gasteiger partial charge in [0.25, 0.3) is 0 Å². The van der Waals surface area contributed by atoms with E-state index in [1.165, 1.54) is 6.33 Å². The summed E-state index contributed by atoms with van der Waals surface area (Å²) in [6, 6.07) is 5.63. The molecule has 0 bridgehead atoms. The Morgan fingerprint density at radius 2 is 2.06 bits per heavy atom. The zero-order valence-corrected chi connectivity index (χ0v) is 8.25. The van der Waals surface area contributed by atoms with E-state index in [9.17, 15) is 0 Å². The fourth-order valence-electron chi connectivity index (χ4n) is 1.42. The van der Waals surface area contributed by atoms with Gasteiger partial charge in [-0.15, -0.1) is 0 Å². The van der Waals surface area contributed by atoms with E-state index in [1.54, 1.807) is 12.5 Å². The van der Waals surface area contributed by atoms with Crippen molar-refractivity contribution in [1.29, 1.82) is 0 Å². The zero-order valence-electron chi connectivity index (χ0n) is 8.25. The normalized spacial score (nSPS) is 10.5. The van der Waals surface area contributed by atoms with Gasteiger partial charge in [-0.25, -0.2) is 19.9 Å². The lowest BCUT2D eigenvalue weighted by atomic mass is 10.4. The molecule has 0 aliphatic rings. The van der Waals surface area contributed by atoms with Crippen molar-refractivity contribution in [1.82, 2.24) is 24.9 Å². The molecule has 3 rings (SSSR count). The maximum Gasteiger partial charge on any atom is 0.182 e. The van der Waals surface area contributed by atoms with Crippen LogP contribution in [0.1, 0.15) is 0 Å². The van der Waals surface area contributed by atoms with Crippen LogP contribution in [-0.4, -0.2) is 24.9 Å². The van der Waals surface area contributed by atoms with Gasteiger partial charge in [0.1, 0.15) is 17.7 Å². The molecular formula is C10H8N6. The maximum absolute atomic E-state index is 4.16. The molecule has 0 radical (unpaired) electrons. The van der Waals surface area contributed by atoms with Gasteiger partial charge < -0.3 is 10.3 Å². The second-order valence-corrected chi connectivity index (χ2v) is 3.16. The van der Waals surface area contributed by atoms with Crippen LogP contribution >= 0.6 is 0 Å². The van der Waals surface area contributed by atoms with Crippen molar-refractivity contribution >= 4 is 22.8 Å². The number of rotatable bonds is 2. The molecule has 0 aromatic carbocycles. The van der Waals surface area contributed by atoms with E-state index in [0.29, 0.717) is 11.5 Å². The van der Waals surface area contributed by atoms with Crippen LogP contribution in [-0.2, 0) is 0 Å². The van der Waals surface area contributed by atoms with Crippen molar-refractivity contribution in [3.63, 3.8) is 0 Å². The minimum Gasteiger partial charge on any atom is -0.340 e. The van der Waals surface area contributed by atoms with Crippen molar-refractivity contribution < 1.29 is 0 Å². The molecule has 6 heteroatoms. The SMILES string of the molecule is c1ccc(Nc2ncnc3nc[nH]c23)nc1. The summed E-state index contributed by atoms with van der Waals surface area (Å²) >= 11 is 0. The minimum absolute atomic E-state index is 0.633. The van der Waals surface area contributed by atoms with E-state index >= 15 is 0 Å². The average molecular weight is 212 g/mol. The number of nitrogens with one attached hydrogen (secondary N) is 2. The molecule has 78 valence electrons. The highest BCUT2D eigenvalue weighted by Crippen LogP contribution is 2.17. The number of hydrogen-bond donors (Lipinski definition) is 2. The van der Waals surface area contributed by atoms with Crippen LogP contribution in [0.5, 0.6) is 0 Å². The number of nitrogens with zero attached hydrogens (tertiary/aromatic N) is 4. The molecule has 16 heavy (non-hydrogen) atoms. The van der Waals surface area contributed by atoms with Gasteiger partial charge in [-0.05, 0) is 12.1 Å². The number of aromatic nitrogens is 5. The fourth-order valence-corrected chi connectivity index (χ4v) is 1.42. The maximum atomic E-state index is 4.16. The molecule has 0 atom stereocenters. The fraction of sp³-hybridized carbons (Fsp3) is 0. The molecule has 2 N–H and O–H groups in total. The number of anilines is 2. The van der Waals surface area contributed by atoms with Crippen molar-refractivity contribution in [3.8, 4) is 0 Å². The summed E-state index contributed by atoms with van der Waals surface area (Å²) in [7, 11) is 0. The van der Waals surface area contributed by atoms with E-state index in [1.807, 2.05) is 18.2 Å². The summed E-state index contributed by atoms with van der Waals surface area (Å²) < 4.78 is 0. The van der Waals surface area contributed by atoms with Crippen LogP contribution in [0, 0.1) is 0 Å². The molecule has 0 aliphatic carbocycles. The predicted octanol–water partition coefficient (Wildman–Crippen LogP) is 1.49. The number of pyridine rings is 1. The lowest BCUT2D eigenvalue weighted by molar-refractivity contribution is 1.19. The third kappa shape index (κ3) is 1.46. The van der Waals surface area contributed by atoms with Crippen LogP contribution < -0.4 is 5.32 Å². The van der Waals surface area contributed by atoms with Gasteiger partial charge in [-0.1, -0.05) is 6.07 Å². The van der Waals surface area contributed by atoms with E-state index < -0.39 is 0 Å². The van der Waals surface area contributed by atoms with Crippen LogP contribution in [0.2, 0.25) is 0 Å². The monoisotopic (exact) mass is 212 g/mol. The first-order valence-corrected chi connectivity index (χ1v) is 4.75. The molecule has 6 nitrogen and oxygen atoms in total. The van der Waals surface area contributed by atoms with E-state index in [4.69, 9.17) is 0 Å². The van der Waals surface area contributed by atoms with Crippen LogP contribution in [0.3, 0.4) is 0 Å². The van der Waals surface area contributed by atoms with Gasteiger partial charge in [0, 0.05) is 6.20 Å². The summed E-state index contributed by atoms with van der Waals surface area (Å²) in [5.74, 6) is 1.40. The molecule has 3 aromatic rings. The van der Waals surface area contributed by atoms with Gasteiger partial charge in [-0.2, -0.15) is 0 Å². The second-order valence-electron chi connectivity index (χ2n) is 3.16. The Kier molecular flexibility index (Phi) is 1.96. The number of aromatic amines is 1. The number of H-pyrrole nitrogens is 1. The first kappa shape index (κ1) is 8.78. The molecular weight excluding hydrogens is 204 g/mol. The topological polar surface area (TPSA) is 79.4 Å². The Hall–Kier alpha value is -2.50. The molecule has 0 fully saturated rings. The van der Waals surface area contributed by atoms with Crippen LogP contribution in [0.4, 0.5) is 11.6 Å². The molecule has 0 unspecified atom stereocenters. The van der Waals surface area contributed by atoms with Crippen molar-refractivity contribution in [2.45, 2.75) is 0 Å². The number of hydrogen-bond acceptors (Lipinski definition) is 5. The Balaban J connectivity index is 2.04. The van der Waals surface area contributed by atoms with Gasteiger partial charge in [0.2, 0.25) is 0 Å². The number of fused-ring (bicyclic) bond motifs is 1. The molecule has 0 saturated heterocycles. The zero-order chi connectivity index (χ0) is 10.8.